The second-order valence-corrected chi connectivity index (χ2v) is 5.72. The van der Waals surface area contributed by atoms with E-state index in [1.807, 2.05) is 6.07 Å². The first-order valence-corrected chi connectivity index (χ1v) is 6.47. The molecule has 0 saturated carbocycles. The number of aromatic nitrogens is 1. The molecule has 7 heteroatoms. The second kappa shape index (κ2) is 6.29. The van der Waals surface area contributed by atoms with Crippen LogP contribution in [0.15, 0.2) is 6.20 Å². The maximum atomic E-state index is 12.1. The standard InChI is InChI=1S/C13H14Cl2N2O3/c1-13(2,3)20-12(18)7(5-16)9-8(14)6-17-11(19-4)10(9)15/h6-7H,1-4H3. The van der Waals surface area contributed by atoms with E-state index in [1.165, 1.54) is 13.3 Å². The minimum absolute atomic E-state index is 0.0254. The molecular formula is C13H14Cl2N2O3. The van der Waals surface area contributed by atoms with Gasteiger partial charge >= 0.3 is 5.97 Å². The molecule has 108 valence electrons. The van der Waals surface area contributed by atoms with Crippen molar-refractivity contribution in [3.05, 3.63) is 21.8 Å². The third kappa shape index (κ3) is 3.75. The second-order valence-electron chi connectivity index (χ2n) is 4.94. The Labute approximate surface area is 127 Å². The number of carbonyl (C=O) groups excluding carboxylic acids is 1. The SMILES string of the molecule is COc1ncc(Cl)c(C(C#N)C(=O)OC(C)(C)C)c1Cl. The van der Waals surface area contributed by atoms with Crippen molar-refractivity contribution in [2.24, 2.45) is 0 Å². The summed E-state index contributed by atoms with van der Waals surface area (Å²) in [6, 6.07) is 1.85. The van der Waals surface area contributed by atoms with E-state index in [0.29, 0.717) is 0 Å². The highest BCUT2D eigenvalue weighted by Gasteiger charge is 2.31. The molecular weight excluding hydrogens is 303 g/mol. The predicted molar refractivity (Wildman–Crippen MR) is 75.0 cm³/mol. The number of pyridine rings is 1. The number of rotatable bonds is 3. The maximum Gasteiger partial charge on any atom is 0.328 e. The van der Waals surface area contributed by atoms with Crippen LogP contribution < -0.4 is 4.74 Å². The van der Waals surface area contributed by atoms with E-state index in [1.54, 1.807) is 20.8 Å². The summed E-state index contributed by atoms with van der Waals surface area (Å²) in [6.45, 7) is 5.11. The lowest BCUT2D eigenvalue weighted by Gasteiger charge is -2.22. The van der Waals surface area contributed by atoms with Crippen LogP contribution in [0.1, 0.15) is 32.3 Å². The Morgan fingerprint density at radius 1 is 1.45 bits per heavy atom. The average Bonchev–Trinajstić information content (AvgIpc) is 2.32. The molecule has 5 nitrogen and oxygen atoms in total. The molecule has 1 rings (SSSR count). The number of hydrogen-bond donors (Lipinski definition) is 0. The van der Waals surface area contributed by atoms with Crippen LogP contribution in [-0.2, 0) is 9.53 Å². The van der Waals surface area contributed by atoms with Crippen LogP contribution in [-0.4, -0.2) is 23.7 Å². The monoisotopic (exact) mass is 316 g/mol. The number of ether oxygens (including phenoxy) is 2. The summed E-state index contributed by atoms with van der Waals surface area (Å²) in [4.78, 5) is 15.9. The maximum absolute atomic E-state index is 12.1. The van der Waals surface area contributed by atoms with Gasteiger partial charge in [-0.2, -0.15) is 5.26 Å². The van der Waals surface area contributed by atoms with Crippen LogP contribution in [0, 0.1) is 11.3 Å². The van der Waals surface area contributed by atoms with Gasteiger partial charge in [0.05, 0.1) is 18.2 Å². The Kier molecular flexibility index (Phi) is 5.21. The largest absolute Gasteiger partial charge is 0.480 e. The van der Waals surface area contributed by atoms with E-state index in [9.17, 15) is 10.1 Å². The highest BCUT2D eigenvalue weighted by molar-refractivity contribution is 6.37. The zero-order chi connectivity index (χ0) is 15.5. The number of nitrogens with zero attached hydrogens (tertiary/aromatic N) is 2. The molecule has 1 atom stereocenters. The first-order chi connectivity index (χ1) is 9.21. The van der Waals surface area contributed by atoms with E-state index >= 15 is 0 Å². The summed E-state index contributed by atoms with van der Waals surface area (Å²) in [5, 5.41) is 9.36. The lowest BCUT2D eigenvalue weighted by molar-refractivity contribution is -0.155. The molecule has 1 aromatic rings. The molecule has 0 radical (unpaired) electrons. The zero-order valence-electron chi connectivity index (χ0n) is 11.5. The van der Waals surface area contributed by atoms with E-state index < -0.39 is 17.5 Å². The molecule has 1 unspecified atom stereocenters. The van der Waals surface area contributed by atoms with Crippen LogP contribution in [0.5, 0.6) is 5.88 Å². The van der Waals surface area contributed by atoms with E-state index in [2.05, 4.69) is 4.98 Å². The molecule has 0 aliphatic carbocycles. The highest BCUT2D eigenvalue weighted by Crippen LogP contribution is 2.37. The quantitative estimate of drug-likeness (QED) is 0.799. The van der Waals surface area contributed by atoms with Crippen molar-refractivity contribution in [3.63, 3.8) is 0 Å². The summed E-state index contributed by atoms with van der Waals surface area (Å²) in [5.74, 6) is -1.88. The molecule has 0 bridgehead atoms. The Bertz CT molecular complexity index is 562. The van der Waals surface area contributed by atoms with E-state index in [4.69, 9.17) is 32.7 Å². The lowest BCUT2D eigenvalue weighted by Crippen LogP contribution is -2.27. The van der Waals surface area contributed by atoms with Crippen LogP contribution in [0.4, 0.5) is 0 Å². The smallest absolute Gasteiger partial charge is 0.328 e. The number of nitriles is 1. The molecule has 1 heterocycles. The Balaban J connectivity index is 3.27. The summed E-state index contributed by atoms with van der Waals surface area (Å²) in [5.41, 5.74) is -0.584. The molecule has 0 N–H and O–H groups in total. The van der Waals surface area contributed by atoms with Gasteiger partial charge in [0.25, 0.3) is 0 Å². The van der Waals surface area contributed by atoms with Gasteiger partial charge in [-0.1, -0.05) is 23.2 Å². The molecule has 0 aromatic carbocycles. The van der Waals surface area contributed by atoms with Crippen molar-refractivity contribution in [1.29, 1.82) is 5.26 Å². The normalized spacial score (nSPS) is 12.4. The van der Waals surface area contributed by atoms with Gasteiger partial charge in [-0.05, 0) is 20.8 Å². The highest BCUT2D eigenvalue weighted by atomic mass is 35.5. The first kappa shape index (κ1) is 16.5. The fourth-order valence-electron chi connectivity index (χ4n) is 1.46. The van der Waals surface area contributed by atoms with Crippen LogP contribution >= 0.6 is 23.2 Å². The Morgan fingerprint density at radius 3 is 2.50 bits per heavy atom. The molecule has 20 heavy (non-hydrogen) atoms. The van der Waals surface area contributed by atoms with Crippen LogP contribution in [0.25, 0.3) is 0 Å². The minimum Gasteiger partial charge on any atom is -0.480 e. The van der Waals surface area contributed by atoms with Gasteiger partial charge in [-0.15, -0.1) is 0 Å². The summed E-state index contributed by atoms with van der Waals surface area (Å²) in [7, 11) is 1.38. The van der Waals surface area contributed by atoms with Gasteiger partial charge in [0.2, 0.25) is 5.88 Å². The van der Waals surface area contributed by atoms with Crippen LogP contribution in [0.2, 0.25) is 10.0 Å². The first-order valence-electron chi connectivity index (χ1n) is 5.71. The van der Waals surface area contributed by atoms with Crippen molar-refractivity contribution in [2.75, 3.05) is 7.11 Å². The van der Waals surface area contributed by atoms with Crippen molar-refractivity contribution in [2.45, 2.75) is 32.3 Å². The Hall–Kier alpha value is -1.51. The van der Waals surface area contributed by atoms with Crippen molar-refractivity contribution < 1.29 is 14.3 Å². The topological polar surface area (TPSA) is 72.2 Å². The molecule has 0 aliphatic heterocycles. The number of methoxy groups -OCH3 is 1. The summed E-state index contributed by atoms with van der Waals surface area (Å²) in [6.07, 6.45) is 1.27. The number of hydrogen-bond acceptors (Lipinski definition) is 5. The predicted octanol–water partition coefficient (Wildman–Crippen LogP) is 3.35. The molecule has 0 spiro atoms. The Morgan fingerprint density at radius 2 is 2.05 bits per heavy atom. The van der Waals surface area contributed by atoms with E-state index in [-0.39, 0.29) is 21.5 Å². The molecule has 0 amide bonds. The average molecular weight is 317 g/mol. The number of esters is 1. The fraction of sp³-hybridized carbons (Fsp3) is 0.462. The third-order valence-electron chi connectivity index (χ3n) is 2.23. The van der Waals surface area contributed by atoms with Crippen molar-refractivity contribution in [3.8, 4) is 11.9 Å². The van der Waals surface area contributed by atoms with Gasteiger partial charge in [-0.25, -0.2) is 4.98 Å². The molecule has 1 aromatic heterocycles. The number of halogens is 2. The molecule has 0 fully saturated rings. The van der Waals surface area contributed by atoms with Gasteiger partial charge in [0.1, 0.15) is 10.6 Å². The molecule has 0 aliphatic rings. The van der Waals surface area contributed by atoms with Gasteiger partial charge < -0.3 is 9.47 Å². The number of carbonyl (C=O) groups is 1. The summed E-state index contributed by atoms with van der Waals surface area (Å²) < 4.78 is 10.1. The summed E-state index contributed by atoms with van der Waals surface area (Å²) >= 11 is 12.1. The van der Waals surface area contributed by atoms with Crippen molar-refractivity contribution >= 4 is 29.2 Å². The van der Waals surface area contributed by atoms with Gasteiger partial charge in [0, 0.05) is 11.8 Å². The minimum atomic E-state index is -1.24. The third-order valence-corrected chi connectivity index (χ3v) is 2.90. The fourth-order valence-corrected chi connectivity index (χ4v) is 2.10. The zero-order valence-corrected chi connectivity index (χ0v) is 13.0. The van der Waals surface area contributed by atoms with Crippen molar-refractivity contribution in [1.82, 2.24) is 4.98 Å². The van der Waals surface area contributed by atoms with Crippen LogP contribution in [0.3, 0.4) is 0 Å². The lowest BCUT2D eigenvalue weighted by atomic mass is 10.0. The molecule has 0 saturated heterocycles. The van der Waals surface area contributed by atoms with Gasteiger partial charge in [0.15, 0.2) is 5.92 Å². The van der Waals surface area contributed by atoms with E-state index in [0.717, 1.165) is 0 Å². The van der Waals surface area contributed by atoms with Gasteiger partial charge in [-0.3, -0.25) is 4.79 Å².